The molecule has 14 heavy (non-hydrogen) atoms. The van der Waals surface area contributed by atoms with Crippen LogP contribution in [0.3, 0.4) is 0 Å². The van der Waals surface area contributed by atoms with Crippen molar-refractivity contribution >= 4 is 18.1 Å². The van der Waals surface area contributed by atoms with Gasteiger partial charge in [0.05, 0.1) is 6.42 Å². The molecule has 0 saturated carbocycles. The highest BCUT2D eigenvalue weighted by molar-refractivity contribution is 5.71. The van der Waals surface area contributed by atoms with E-state index in [-0.39, 0.29) is 6.42 Å². The molecule has 0 saturated heterocycles. The number of aliphatic carboxylic acids is 1. The molecule has 0 unspecified atom stereocenters. The minimum absolute atomic E-state index is 0.0471. The van der Waals surface area contributed by atoms with Crippen LogP contribution >= 0.6 is 0 Å². The second-order valence-corrected chi connectivity index (χ2v) is 2.83. The van der Waals surface area contributed by atoms with Crippen LogP contribution in [-0.4, -0.2) is 11.1 Å². The third-order valence-corrected chi connectivity index (χ3v) is 1.81. The number of rotatable bonds is 4. The molecular weight excluding hydrogens is 176 g/mol. The maximum absolute atomic E-state index is 10.3. The summed E-state index contributed by atoms with van der Waals surface area (Å²) in [5.41, 5.74) is 2.00. The number of carbonyl (C=O) groups is 1. The summed E-state index contributed by atoms with van der Waals surface area (Å²) in [7, 11) is 0. The molecule has 1 aromatic carbocycles. The standard InChI is InChI=1S/C12H12O2/c1-2-10-6-3-4-7-11(10)8-5-9-12(13)14/h2-8H,1,9H2,(H,13,14). The van der Waals surface area contributed by atoms with E-state index in [0.717, 1.165) is 11.1 Å². The maximum atomic E-state index is 10.3. The molecule has 1 rings (SSSR count). The van der Waals surface area contributed by atoms with Gasteiger partial charge in [-0.05, 0) is 11.1 Å². The Morgan fingerprint density at radius 3 is 2.57 bits per heavy atom. The number of carboxylic acids is 1. The molecule has 0 heterocycles. The molecule has 0 aliphatic heterocycles. The molecular formula is C12H12O2. The molecule has 0 aromatic heterocycles. The molecule has 0 aliphatic rings. The lowest BCUT2D eigenvalue weighted by Gasteiger charge is -1.98. The van der Waals surface area contributed by atoms with Crippen molar-refractivity contribution in [2.45, 2.75) is 6.42 Å². The Bertz CT molecular complexity index is 364. The van der Waals surface area contributed by atoms with Gasteiger partial charge in [-0.2, -0.15) is 0 Å². The first-order valence-corrected chi connectivity index (χ1v) is 4.34. The molecule has 0 atom stereocenters. The number of benzene rings is 1. The van der Waals surface area contributed by atoms with Crippen molar-refractivity contribution in [3.05, 3.63) is 48.0 Å². The summed E-state index contributed by atoms with van der Waals surface area (Å²) >= 11 is 0. The monoisotopic (exact) mass is 188 g/mol. The normalized spacial score (nSPS) is 10.3. The van der Waals surface area contributed by atoms with Crippen LogP contribution in [-0.2, 0) is 4.79 Å². The second-order valence-electron chi connectivity index (χ2n) is 2.83. The number of hydrogen-bond acceptors (Lipinski definition) is 1. The Balaban J connectivity index is 2.80. The van der Waals surface area contributed by atoms with Crippen LogP contribution in [0.4, 0.5) is 0 Å². The van der Waals surface area contributed by atoms with E-state index in [1.54, 1.807) is 18.2 Å². The maximum Gasteiger partial charge on any atom is 0.307 e. The molecule has 0 aliphatic carbocycles. The highest BCUT2D eigenvalue weighted by Gasteiger charge is 1.94. The van der Waals surface area contributed by atoms with Crippen molar-refractivity contribution < 1.29 is 9.90 Å². The Morgan fingerprint density at radius 2 is 2.00 bits per heavy atom. The van der Waals surface area contributed by atoms with Crippen molar-refractivity contribution in [2.75, 3.05) is 0 Å². The molecule has 1 aromatic rings. The predicted octanol–water partition coefficient (Wildman–Crippen LogP) is 2.82. The van der Waals surface area contributed by atoms with Crippen molar-refractivity contribution in [2.24, 2.45) is 0 Å². The summed E-state index contributed by atoms with van der Waals surface area (Å²) in [6.45, 7) is 3.68. The van der Waals surface area contributed by atoms with Crippen LogP contribution in [0.25, 0.3) is 12.2 Å². The average Bonchev–Trinajstić information content (AvgIpc) is 2.18. The van der Waals surface area contributed by atoms with E-state index in [4.69, 9.17) is 5.11 Å². The zero-order valence-electron chi connectivity index (χ0n) is 7.81. The quantitative estimate of drug-likeness (QED) is 0.788. The number of carboxylic acid groups (broad SMARTS) is 1. The topological polar surface area (TPSA) is 37.3 Å². The number of hydrogen-bond donors (Lipinski definition) is 1. The largest absolute Gasteiger partial charge is 0.481 e. The highest BCUT2D eigenvalue weighted by Crippen LogP contribution is 2.11. The van der Waals surface area contributed by atoms with Gasteiger partial charge in [-0.3, -0.25) is 4.79 Å². The molecule has 0 bridgehead atoms. The third kappa shape index (κ3) is 2.90. The summed E-state index contributed by atoms with van der Waals surface area (Å²) in [5, 5.41) is 8.45. The Morgan fingerprint density at radius 1 is 1.36 bits per heavy atom. The van der Waals surface area contributed by atoms with Crippen molar-refractivity contribution in [1.29, 1.82) is 0 Å². The van der Waals surface area contributed by atoms with Gasteiger partial charge in [0.2, 0.25) is 0 Å². The fraction of sp³-hybridized carbons (Fsp3) is 0.0833. The van der Waals surface area contributed by atoms with Gasteiger partial charge in [0, 0.05) is 0 Å². The first-order chi connectivity index (χ1) is 6.74. The first kappa shape index (κ1) is 10.3. The lowest BCUT2D eigenvalue weighted by molar-refractivity contribution is -0.135. The van der Waals surface area contributed by atoms with E-state index in [1.165, 1.54) is 0 Å². The van der Waals surface area contributed by atoms with Crippen LogP contribution in [0.2, 0.25) is 0 Å². The third-order valence-electron chi connectivity index (χ3n) is 1.81. The molecule has 0 radical (unpaired) electrons. The van der Waals surface area contributed by atoms with Crippen LogP contribution in [0.1, 0.15) is 17.5 Å². The smallest absolute Gasteiger partial charge is 0.307 e. The van der Waals surface area contributed by atoms with E-state index >= 15 is 0 Å². The van der Waals surface area contributed by atoms with Crippen molar-refractivity contribution in [3.63, 3.8) is 0 Å². The summed E-state index contributed by atoms with van der Waals surface area (Å²) in [5.74, 6) is -0.822. The Kier molecular flexibility index (Phi) is 3.68. The first-order valence-electron chi connectivity index (χ1n) is 4.34. The van der Waals surface area contributed by atoms with E-state index < -0.39 is 5.97 Å². The average molecular weight is 188 g/mol. The zero-order valence-corrected chi connectivity index (χ0v) is 7.81. The summed E-state index contributed by atoms with van der Waals surface area (Å²) in [6, 6.07) is 7.70. The van der Waals surface area contributed by atoms with Crippen molar-refractivity contribution in [1.82, 2.24) is 0 Å². The van der Waals surface area contributed by atoms with Gasteiger partial charge in [0.1, 0.15) is 0 Å². The van der Waals surface area contributed by atoms with E-state index in [9.17, 15) is 4.79 Å². The lowest BCUT2D eigenvalue weighted by atomic mass is 10.1. The van der Waals surface area contributed by atoms with Gasteiger partial charge in [-0.25, -0.2) is 0 Å². The highest BCUT2D eigenvalue weighted by atomic mass is 16.4. The summed E-state index contributed by atoms with van der Waals surface area (Å²) in [4.78, 5) is 10.3. The van der Waals surface area contributed by atoms with Gasteiger partial charge in [-0.15, -0.1) is 0 Å². The predicted molar refractivity (Wildman–Crippen MR) is 57.8 cm³/mol. The molecule has 1 N–H and O–H groups in total. The fourth-order valence-corrected chi connectivity index (χ4v) is 1.14. The van der Waals surface area contributed by atoms with Crippen LogP contribution < -0.4 is 0 Å². The molecule has 0 spiro atoms. The summed E-state index contributed by atoms with van der Waals surface area (Å²) in [6.07, 6.45) is 5.22. The molecule has 0 amide bonds. The second kappa shape index (κ2) is 5.02. The lowest BCUT2D eigenvalue weighted by Crippen LogP contribution is -1.89. The van der Waals surface area contributed by atoms with Crippen LogP contribution in [0.5, 0.6) is 0 Å². The SMILES string of the molecule is C=Cc1ccccc1C=CCC(=O)O. The van der Waals surface area contributed by atoms with Crippen LogP contribution in [0.15, 0.2) is 36.9 Å². The van der Waals surface area contributed by atoms with E-state index in [0.29, 0.717) is 0 Å². The van der Waals surface area contributed by atoms with Gasteiger partial charge >= 0.3 is 5.97 Å². The summed E-state index contributed by atoms with van der Waals surface area (Å²) < 4.78 is 0. The van der Waals surface area contributed by atoms with E-state index in [1.807, 2.05) is 24.3 Å². The Hall–Kier alpha value is -1.83. The van der Waals surface area contributed by atoms with Gasteiger partial charge in [0.15, 0.2) is 0 Å². The Labute approximate surface area is 83.2 Å². The van der Waals surface area contributed by atoms with Gasteiger partial charge in [-0.1, -0.05) is 49.1 Å². The van der Waals surface area contributed by atoms with E-state index in [2.05, 4.69) is 6.58 Å². The van der Waals surface area contributed by atoms with Crippen molar-refractivity contribution in [3.8, 4) is 0 Å². The minimum atomic E-state index is -0.822. The minimum Gasteiger partial charge on any atom is -0.481 e. The van der Waals surface area contributed by atoms with Crippen LogP contribution in [0, 0.1) is 0 Å². The zero-order chi connectivity index (χ0) is 10.4. The van der Waals surface area contributed by atoms with Gasteiger partial charge in [0.25, 0.3) is 0 Å². The molecule has 72 valence electrons. The molecule has 0 fully saturated rings. The fourth-order valence-electron chi connectivity index (χ4n) is 1.14. The molecule has 2 nitrogen and oxygen atoms in total. The molecule has 2 heteroatoms. The van der Waals surface area contributed by atoms with Gasteiger partial charge < -0.3 is 5.11 Å².